The lowest BCUT2D eigenvalue weighted by molar-refractivity contribution is -0.128. The number of likely N-dealkylation sites (tertiary alicyclic amines) is 1. The van der Waals surface area contributed by atoms with Gasteiger partial charge in [0.05, 0.1) is 12.2 Å². The summed E-state index contributed by atoms with van der Waals surface area (Å²) < 4.78 is 1.76. The van der Waals surface area contributed by atoms with Crippen LogP contribution in [-0.2, 0) is 18.4 Å². The van der Waals surface area contributed by atoms with E-state index in [1.165, 1.54) is 0 Å². The standard InChI is InChI=1S/C9H13N3O/c1-11-6-4-8(10-11)7-12-5-2-3-9(12)13/h4,6H,2-3,5,7H2,1H3. The third-order valence-electron chi connectivity index (χ3n) is 2.29. The topological polar surface area (TPSA) is 38.1 Å². The van der Waals surface area contributed by atoms with Gasteiger partial charge < -0.3 is 4.90 Å². The molecule has 4 heteroatoms. The fourth-order valence-electron chi connectivity index (χ4n) is 1.61. The third kappa shape index (κ3) is 1.71. The van der Waals surface area contributed by atoms with Crippen molar-refractivity contribution >= 4 is 5.91 Å². The van der Waals surface area contributed by atoms with E-state index in [1.807, 2.05) is 24.2 Å². The van der Waals surface area contributed by atoms with Gasteiger partial charge in [0.1, 0.15) is 0 Å². The molecule has 1 aliphatic rings. The van der Waals surface area contributed by atoms with Crippen LogP contribution in [0.5, 0.6) is 0 Å². The normalized spacial score (nSPS) is 17.0. The Morgan fingerprint density at radius 3 is 3.00 bits per heavy atom. The summed E-state index contributed by atoms with van der Waals surface area (Å²) in [6, 6.07) is 1.95. The van der Waals surface area contributed by atoms with E-state index in [-0.39, 0.29) is 5.91 Å². The molecule has 1 amide bonds. The van der Waals surface area contributed by atoms with E-state index >= 15 is 0 Å². The largest absolute Gasteiger partial charge is 0.337 e. The van der Waals surface area contributed by atoms with Gasteiger partial charge in [-0.3, -0.25) is 9.48 Å². The number of amides is 1. The zero-order valence-corrected chi connectivity index (χ0v) is 7.73. The van der Waals surface area contributed by atoms with Crippen molar-refractivity contribution in [3.8, 4) is 0 Å². The average Bonchev–Trinajstić information content (AvgIpc) is 2.64. The molecule has 13 heavy (non-hydrogen) atoms. The van der Waals surface area contributed by atoms with Crippen LogP contribution in [0.1, 0.15) is 18.5 Å². The first-order chi connectivity index (χ1) is 6.25. The predicted octanol–water partition coefficient (Wildman–Crippen LogP) is 0.542. The van der Waals surface area contributed by atoms with Crippen molar-refractivity contribution in [1.29, 1.82) is 0 Å². The van der Waals surface area contributed by atoms with Crippen LogP contribution in [0.15, 0.2) is 12.3 Å². The summed E-state index contributed by atoms with van der Waals surface area (Å²) in [5.41, 5.74) is 0.970. The quantitative estimate of drug-likeness (QED) is 0.664. The number of carbonyl (C=O) groups excluding carboxylic acids is 1. The monoisotopic (exact) mass is 179 g/mol. The molecule has 0 radical (unpaired) electrons. The molecule has 1 aromatic rings. The van der Waals surface area contributed by atoms with E-state index in [0.717, 1.165) is 18.7 Å². The van der Waals surface area contributed by atoms with Crippen molar-refractivity contribution in [1.82, 2.24) is 14.7 Å². The van der Waals surface area contributed by atoms with Gasteiger partial charge in [-0.25, -0.2) is 0 Å². The van der Waals surface area contributed by atoms with Gasteiger partial charge in [0.2, 0.25) is 5.91 Å². The van der Waals surface area contributed by atoms with E-state index < -0.39 is 0 Å². The zero-order valence-electron chi connectivity index (χ0n) is 7.73. The first-order valence-corrected chi connectivity index (χ1v) is 4.52. The minimum Gasteiger partial charge on any atom is -0.337 e. The Hall–Kier alpha value is -1.32. The highest BCUT2D eigenvalue weighted by Gasteiger charge is 2.20. The van der Waals surface area contributed by atoms with Crippen LogP contribution >= 0.6 is 0 Å². The van der Waals surface area contributed by atoms with E-state index in [9.17, 15) is 4.79 Å². The number of hydrogen-bond donors (Lipinski definition) is 0. The summed E-state index contributed by atoms with van der Waals surface area (Å²) >= 11 is 0. The SMILES string of the molecule is Cn1ccc(CN2CCCC2=O)n1. The number of rotatable bonds is 2. The highest BCUT2D eigenvalue weighted by atomic mass is 16.2. The zero-order chi connectivity index (χ0) is 9.26. The Labute approximate surface area is 77.1 Å². The highest BCUT2D eigenvalue weighted by molar-refractivity contribution is 5.77. The molecule has 2 rings (SSSR count). The van der Waals surface area contributed by atoms with Crippen molar-refractivity contribution in [3.05, 3.63) is 18.0 Å². The number of aromatic nitrogens is 2. The second-order valence-corrected chi connectivity index (χ2v) is 3.40. The maximum absolute atomic E-state index is 11.3. The molecule has 0 unspecified atom stereocenters. The molecule has 1 fully saturated rings. The van der Waals surface area contributed by atoms with Gasteiger partial charge in [-0.15, -0.1) is 0 Å². The van der Waals surface area contributed by atoms with Crippen molar-refractivity contribution in [2.45, 2.75) is 19.4 Å². The third-order valence-corrected chi connectivity index (χ3v) is 2.29. The van der Waals surface area contributed by atoms with Gasteiger partial charge in [-0.05, 0) is 12.5 Å². The maximum Gasteiger partial charge on any atom is 0.222 e. The van der Waals surface area contributed by atoms with Gasteiger partial charge in [0, 0.05) is 26.2 Å². The number of aryl methyl sites for hydroxylation is 1. The molecule has 0 saturated carbocycles. The molecule has 0 bridgehead atoms. The molecule has 0 N–H and O–H groups in total. The van der Waals surface area contributed by atoms with Crippen LogP contribution in [0.25, 0.3) is 0 Å². The summed E-state index contributed by atoms with van der Waals surface area (Å²) in [6.07, 6.45) is 3.59. The van der Waals surface area contributed by atoms with Crippen LogP contribution < -0.4 is 0 Å². The summed E-state index contributed by atoms with van der Waals surface area (Å²) in [7, 11) is 1.88. The molecule has 2 heterocycles. The molecule has 1 aromatic heterocycles. The van der Waals surface area contributed by atoms with Crippen LogP contribution in [0.3, 0.4) is 0 Å². The average molecular weight is 179 g/mol. The molecule has 70 valence electrons. The first-order valence-electron chi connectivity index (χ1n) is 4.52. The Balaban J connectivity index is 2.01. The fraction of sp³-hybridized carbons (Fsp3) is 0.556. The summed E-state index contributed by atoms with van der Waals surface area (Å²) in [4.78, 5) is 13.1. The van der Waals surface area contributed by atoms with E-state index in [0.29, 0.717) is 13.0 Å². The Morgan fingerprint density at radius 1 is 1.62 bits per heavy atom. The minimum absolute atomic E-state index is 0.255. The molecular formula is C9H13N3O. The Kier molecular flexibility index (Phi) is 2.04. The second kappa shape index (κ2) is 3.20. The van der Waals surface area contributed by atoms with Crippen LogP contribution in [0.2, 0.25) is 0 Å². The molecule has 4 nitrogen and oxygen atoms in total. The second-order valence-electron chi connectivity index (χ2n) is 3.40. The lowest BCUT2D eigenvalue weighted by Gasteiger charge is -2.12. The molecule has 0 aromatic carbocycles. The predicted molar refractivity (Wildman–Crippen MR) is 47.9 cm³/mol. The van der Waals surface area contributed by atoms with Gasteiger partial charge >= 0.3 is 0 Å². The van der Waals surface area contributed by atoms with Gasteiger partial charge in [0.15, 0.2) is 0 Å². The molecule has 1 saturated heterocycles. The van der Waals surface area contributed by atoms with Crippen molar-refractivity contribution in [2.24, 2.45) is 7.05 Å². The van der Waals surface area contributed by atoms with Crippen molar-refractivity contribution < 1.29 is 4.79 Å². The number of nitrogens with zero attached hydrogens (tertiary/aromatic N) is 3. The van der Waals surface area contributed by atoms with Gasteiger partial charge in [-0.1, -0.05) is 0 Å². The lowest BCUT2D eigenvalue weighted by atomic mass is 10.4. The van der Waals surface area contributed by atoms with E-state index in [4.69, 9.17) is 0 Å². The van der Waals surface area contributed by atoms with Crippen LogP contribution in [-0.4, -0.2) is 27.1 Å². The van der Waals surface area contributed by atoms with E-state index in [2.05, 4.69) is 5.10 Å². The van der Waals surface area contributed by atoms with Crippen LogP contribution in [0, 0.1) is 0 Å². The number of hydrogen-bond acceptors (Lipinski definition) is 2. The first kappa shape index (κ1) is 8.29. The summed E-state index contributed by atoms with van der Waals surface area (Å²) in [5, 5.41) is 4.23. The Morgan fingerprint density at radius 2 is 2.46 bits per heavy atom. The van der Waals surface area contributed by atoms with Crippen molar-refractivity contribution in [3.63, 3.8) is 0 Å². The Bertz CT molecular complexity index is 318. The maximum atomic E-state index is 11.3. The fourth-order valence-corrected chi connectivity index (χ4v) is 1.61. The summed E-state index contributed by atoms with van der Waals surface area (Å²) in [6.45, 7) is 1.55. The minimum atomic E-state index is 0.255. The van der Waals surface area contributed by atoms with Gasteiger partial charge in [0.25, 0.3) is 0 Å². The van der Waals surface area contributed by atoms with Crippen molar-refractivity contribution in [2.75, 3.05) is 6.54 Å². The smallest absolute Gasteiger partial charge is 0.222 e. The summed E-state index contributed by atoms with van der Waals surface area (Å²) in [5.74, 6) is 0.255. The lowest BCUT2D eigenvalue weighted by Crippen LogP contribution is -2.24. The van der Waals surface area contributed by atoms with Crippen LogP contribution in [0.4, 0.5) is 0 Å². The highest BCUT2D eigenvalue weighted by Crippen LogP contribution is 2.12. The van der Waals surface area contributed by atoms with Gasteiger partial charge in [-0.2, -0.15) is 5.10 Å². The molecule has 1 aliphatic heterocycles. The molecule has 0 spiro atoms. The molecular weight excluding hydrogens is 166 g/mol. The van der Waals surface area contributed by atoms with E-state index in [1.54, 1.807) is 4.68 Å². The number of carbonyl (C=O) groups is 1. The molecule has 0 aliphatic carbocycles. The molecule has 0 atom stereocenters.